The van der Waals surface area contributed by atoms with Crippen molar-refractivity contribution in [1.82, 2.24) is 19.9 Å². The van der Waals surface area contributed by atoms with E-state index in [0.717, 1.165) is 44.6 Å². The van der Waals surface area contributed by atoms with Gasteiger partial charge in [-0.1, -0.05) is 22.9 Å². The summed E-state index contributed by atoms with van der Waals surface area (Å²) in [6.07, 6.45) is 2.15. The molecule has 1 aliphatic heterocycles. The first kappa shape index (κ1) is 15.3. The summed E-state index contributed by atoms with van der Waals surface area (Å²) in [5.74, 6) is 1.92. The molecule has 1 saturated heterocycles. The number of aryl methyl sites for hydroxylation is 1. The predicted molar refractivity (Wildman–Crippen MR) is 89.1 cm³/mol. The third-order valence-corrected chi connectivity index (χ3v) is 4.71. The molecule has 1 aliphatic carbocycles. The van der Waals surface area contributed by atoms with Gasteiger partial charge in [-0.3, -0.25) is 9.69 Å². The topological polar surface area (TPSA) is 62.5 Å². The Balaban J connectivity index is 1.34. The quantitative estimate of drug-likeness (QED) is 0.861. The van der Waals surface area contributed by atoms with Gasteiger partial charge in [-0.05, 0) is 31.9 Å². The average molecular weight is 326 g/mol. The molecule has 0 atom stereocenters. The van der Waals surface area contributed by atoms with Crippen molar-refractivity contribution in [2.75, 3.05) is 26.2 Å². The van der Waals surface area contributed by atoms with E-state index >= 15 is 0 Å². The summed E-state index contributed by atoms with van der Waals surface area (Å²) < 4.78 is 5.39. The zero-order valence-corrected chi connectivity index (χ0v) is 13.9. The van der Waals surface area contributed by atoms with E-state index in [9.17, 15) is 4.79 Å². The van der Waals surface area contributed by atoms with Gasteiger partial charge in [-0.15, -0.1) is 0 Å². The molecule has 0 spiro atoms. The van der Waals surface area contributed by atoms with Crippen LogP contribution in [-0.2, 0) is 11.3 Å². The molecule has 2 heterocycles. The SMILES string of the molecule is Cc1cccc(-c2nc(CN3CCN(C(=O)C4CC4)CC3)no2)c1. The highest BCUT2D eigenvalue weighted by atomic mass is 16.5. The first-order valence-electron chi connectivity index (χ1n) is 8.60. The number of nitrogens with zero attached hydrogens (tertiary/aromatic N) is 4. The third kappa shape index (κ3) is 3.33. The lowest BCUT2D eigenvalue weighted by Crippen LogP contribution is -2.48. The second-order valence-corrected chi connectivity index (χ2v) is 6.76. The van der Waals surface area contributed by atoms with Crippen LogP contribution in [-0.4, -0.2) is 52.0 Å². The number of carbonyl (C=O) groups is 1. The van der Waals surface area contributed by atoms with Crippen LogP contribution in [0.1, 0.15) is 24.2 Å². The summed E-state index contributed by atoms with van der Waals surface area (Å²) in [6.45, 7) is 6.05. The lowest BCUT2D eigenvalue weighted by Gasteiger charge is -2.34. The van der Waals surface area contributed by atoms with E-state index in [1.54, 1.807) is 0 Å². The Morgan fingerprint density at radius 1 is 1.25 bits per heavy atom. The number of hydrogen-bond acceptors (Lipinski definition) is 5. The lowest BCUT2D eigenvalue weighted by atomic mass is 10.1. The molecule has 0 bridgehead atoms. The Labute approximate surface area is 141 Å². The summed E-state index contributed by atoms with van der Waals surface area (Å²) >= 11 is 0. The van der Waals surface area contributed by atoms with Gasteiger partial charge in [0.15, 0.2) is 5.82 Å². The highest BCUT2D eigenvalue weighted by molar-refractivity contribution is 5.81. The maximum absolute atomic E-state index is 12.1. The van der Waals surface area contributed by atoms with Gasteiger partial charge < -0.3 is 9.42 Å². The van der Waals surface area contributed by atoms with Gasteiger partial charge in [0.05, 0.1) is 6.54 Å². The van der Waals surface area contributed by atoms with Crippen LogP contribution in [0.15, 0.2) is 28.8 Å². The van der Waals surface area contributed by atoms with Crippen molar-refractivity contribution in [2.45, 2.75) is 26.3 Å². The number of piperazine rings is 1. The van der Waals surface area contributed by atoms with Crippen LogP contribution in [0.4, 0.5) is 0 Å². The van der Waals surface area contributed by atoms with E-state index in [-0.39, 0.29) is 0 Å². The molecular weight excluding hydrogens is 304 g/mol. The van der Waals surface area contributed by atoms with Crippen LogP contribution in [0.25, 0.3) is 11.5 Å². The Bertz CT molecular complexity index is 730. The molecule has 0 radical (unpaired) electrons. The molecule has 6 nitrogen and oxygen atoms in total. The Kier molecular flexibility index (Phi) is 4.06. The van der Waals surface area contributed by atoms with Gasteiger partial charge in [-0.2, -0.15) is 4.98 Å². The molecule has 1 aromatic heterocycles. The maximum Gasteiger partial charge on any atom is 0.257 e. The first-order valence-corrected chi connectivity index (χ1v) is 8.60. The number of benzene rings is 1. The fourth-order valence-electron chi connectivity index (χ4n) is 3.13. The molecule has 24 heavy (non-hydrogen) atoms. The van der Waals surface area contributed by atoms with Crippen molar-refractivity contribution in [3.05, 3.63) is 35.7 Å². The van der Waals surface area contributed by atoms with Gasteiger partial charge in [0.2, 0.25) is 5.91 Å². The van der Waals surface area contributed by atoms with Gasteiger partial charge in [0, 0.05) is 37.7 Å². The normalized spacial score (nSPS) is 18.8. The summed E-state index contributed by atoms with van der Waals surface area (Å²) in [5.41, 5.74) is 2.12. The van der Waals surface area contributed by atoms with Crippen molar-refractivity contribution in [2.24, 2.45) is 5.92 Å². The van der Waals surface area contributed by atoms with Crippen LogP contribution in [0.5, 0.6) is 0 Å². The predicted octanol–water partition coefficient (Wildman–Crippen LogP) is 2.10. The van der Waals surface area contributed by atoms with Crippen molar-refractivity contribution in [3.63, 3.8) is 0 Å². The molecule has 2 aromatic rings. The molecule has 2 aliphatic rings. The molecule has 0 N–H and O–H groups in total. The minimum atomic E-state index is 0.311. The molecule has 4 rings (SSSR count). The summed E-state index contributed by atoms with van der Waals surface area (Å²) in [5, 5.41) is 4.10. The smallest absolute Gasteiger partial charge is 0.257 e. The fraction of sp³-hybridized carbons (Fsp3) is 0.500. The van der Waals surface area contributed by atoms with E-state index in [2.05, 4.69) is 15.0 Å². The Hall–Kier alpha value is -2.21. The average Bonchev–Trinajstić information content (AvgIpc) is 3.34. The van der Waals surface area contributed by atoms with Crippen molar-refractivity contribution < 1.29 is 9.32 Å². The maximum atomic E-state index is 12.1. The second kappa shape index (κ2) is 6.36. The van der Waals surface area contributed by atoms with Gasteiger partial charge in [-0.25, -0.2) is 0 Å². The van der Waals surface area contributed by atoms with Crippen molar-refractivity contribution in [1.29, 1.82) is 0 Å². The second-order valence-electron chi connectivity index (χ2n) is 6.76. The highest BCUT2D eigenvalue weighted by Crippen LogP contribution is 2.31. The van der Waals surface area contributed by atoms with Crippen LogP contribution >= 0.6 is 0 Å². The zero-order valence-electron chi connectivity index (χ0n) is 13.9. The van der Waals surface area contributed by atoms with Gasteiger partial charge in [0.25, 0.3) is 5.89 Å². The molecule has 1 saturated carbocycles. The van der Waals surface area contributed by atoms with E-state index in [4.69, 9.17) is 4.52 Å². The number of amides is 1. The largest absolute Gasteiger partial charge is 0.340 e. The molecule has 6 heteroatoms. The van der Waals surface area contributed by atoms with E-state index in [1.165, 1.54) is 5.56 Å². The molecule has 1 aromatic carbocycles. The summed E-state index contributed by atoms with van der Waals surface area (Å²) in [4.78, 5) is 20.9. The van der Waals surface area contributed by atoms with Crippen LogP contribution in [0.3, 0.4) is 0 Å². The Morgan fingerprint density at radius 2 is 2.04 bits per heavy atom. The number of carbonyl (C=O) groups excluding carboxylic acids is 1. The van der Waals surface area contributed by atoms with Gasteiger partial charge >= 0.3 is 0 Å². The lowest BCUT2D eigenvalue weighted by molar-refractivity contribution is -0.134. The number of rotatable bonds is 4. The van der Waals surface area contributed by atoms with Crippen molar-refractivity contribution >= 4 is 5.91 Å². The Morgan fingerprint density at radius 3 is 2.75 bits per heavy atom. The van der Waals surface area contributed by atoms with Crippen LogP contribution in [0, 0.1) is 12.8 Å². The molecule has 126 valence electrons. The first-order chi connectivity index (χ1) is 11.7. The van der Waals surface area contributed by atoms with E-state index < -0.39 is 0 Å². The molecule has 0 unspecified atom stereocenters. The minimum Gasteiger partial charge on any atom is -0.340 e. The van der Waals surface area contributed by atoms with Crippen LogP contribution < -0.4 is 0 Å². The summed E-state index contributed by atoms with van der Waals surface area (Å²) in [6, 6.07) is 8.06. The number of hydrogen-bond donors (Lipinski definition) is 0. The van der Waals surface area contributed by atoms with E-state index in [1.807, 2.05) is 36.1 Å². The van der Waals surface area contributed by atoms with Crippen LogP contribution in [0.2, 0.25) is 0 Å². The molecule has 1 amide bonds. The molecule has 2 fully saturated rings. The fourth-order valence-corrected chi connectivity index (χ4v) is 3.13. The minimum absolute atomic E-state index is 0.311. The molecular formula is C18H22N4O2. The van der Waals surface area contributed by atoms with Gasteiger partial charge in [0.1, 0.15) is 0 Å². The van der Waals surface area contributed by atoms with E-state index in [0.29, 0.717) is 30.1 Å². The third-order valence-electron chi connectivity index (χ3n) is 4.71. The zero-order chi connectivity index (χ0) is 16.5. The number of aromatic nitrogens is 2. The summed E-state index contributed by atoms with van der Waals surface area (Å²) in [7, 11) is 0. The van der Waals surface area contributed by atoms with Crippen molar-refractivity contribution in [3.8, 4) is 11.5 Å². The monoisotopic (exact) mass is 326 g/mol. The highest BCUT2D eigenvalue weighted by Gasteiger charge is 2.34. The standard InChI is InChI=1S/C18H22N4O2/c1-13-3-2-4-15(11-13)17-19-16(20-24-17)12-21-7-9-22(10-8-21)18(23)14-5-6-14/h2-4,11,14H,5-10,12H2,1H3.